The van der Waals surface area contributed by atoms with Crippen molar-refractivity contribution in [2.45, 2.75) is 31.7 Å². The number of nitrogens with one attached hydrogen (secondary N) is 1. The zero-order valence-electron chi connectivity index (χ0n) is 13.6. The van der Waals surface area contributed by atoms with Crippen LogP contribution in [0.15, 0.2) is 46.8 Å². The molecular formula is C16H18N4O2S2. The van der Waals surface area contributed by atoms with Crippen LogP contribution in [-0.2, 0) is 10.0 Å². The van der Waals surface area contributed by atoms with Crippen LogP contribution in [0.2, 0.25) is 0 Å². The first kappa shape index (κ1) is 16.7. The van der Waals surface area contributed by atoms with Crippen LogP contribution >= 0.6 is 11.3 Å². The number of benzene rings is 1. The molecule has 0 aliphatic rings. The quantitative estimate of drug-likeness (QED) is 0.751. The van der Waals surface area contributed by atoms with E-state index in [0.717, 1.165) is 11.3 Å². The van der Waals surface area contributed by atoms with E-state index >= 15 is 0 Å². The Morgan fingerprint density at radius 3 is 2.50 bits per heavy atom. The second kappa shape index (κ2) is 6.37. The fourth-order valence-corrected chi connectivity index (χ4v) is 4.30. The highest BCUT2D eigenvalue weighted by molar-refractivity contribution is 7.93. The van der Waals surface area contributed by atoms with Gasteiger partial charge in [-0.1, -0.05) is 30.3 Å². The molecule has 1 aromatic carbocycles. The predicted octanol–water partition coefficient (Wildman–Crippen LogP) is 3.70. The van der Waals surface area contributed by atoms with Gasteiger partial charge in [0.25, 0.3) is 10.0 Å². The molecule has 0 saturated heterocycles. The van der Waals surface area contributed by atoms with E-state index in [2.05, 4.69) is 14.8 Å². The summed E-state index contributed by atoms with van der Waals surface area (Å²) >= 11 is 1.26. The van der Waals surface area contributed by atoms with E-state index in [4.69, 9.17) is 0 Å². The molecule has 0 bridgehead atoms. The van der Waals surface area contributed by atoms with Gasteiger partial charge in [-0.3, -0.25) is 9.40 Å². The Hall–Kier alpha value is -2.19. The fraction of sp³-hybridized carbons (Fsp3) is 0.250. The summed E-state index contributed by atoms with van der Waals surface area (Å²) in [5.74, 6) is 0. The standard InChI is InChI=1S/C16H18N4O2S2/c1-11(2)20-9-14(15(18-20)13-7-5-4-6-8-13)24(21,22)19-16-17-12(3)10-23-16/h4-11H,1-3H3,(H,17,19). The molecule has 0 fully saturated rings. The van der Waals surface area contributed by atoms with E-state index in [1.54, 1.807) is 16.3 Å². The van der Waals surface area contributed by atoms with Crippen LogP contribution in [0.1, 0.15) is 25.6 Å². The molecule has 0 amide bonds. The molecule has 126 valence electrons. The first-order valence-corrected chi connectivity index (χ1v) is 9.82. The van der Waals surface area contributed by atoms with Crippen LogP contribution in [0.25, 0.3) is 11.3 Å². The molecule has 24 heavy (non-hydrogen) atoms. The molecule has 0 radical (unpaired) electrons. The molecule has 3 rings (SSSR count). The number of thiazole rings is 1. The van der Waals surface area contributed by atoms with E-state index in [0.29, 0.717) is 10.8 Å². The van der Waals surface area contributed by atoms with E-state index < -0.39 is 10.0 Å². The molecule has 0 spiro atoms. The maximum Gasteiger partial charge on any atom is 0.267 e. The highest BCUT2D eigenvalue weighted by Crippen LogP contribution is 2.29. The molecule has 0 atom stereocenters. The summed E-state index contributed by atoms with van der Waals surface area (Å²) in [6, 6.07) is 9.35. The second-order valence-electron chi connectivity index (χ2n) is 5.68. The Kier molecular flexibility index (Phi) is 4.42. The van der Waals surface area contributed by atoms with Gasteiger partial charge in [0.1, 0.15) is 10.6 Å². The molecule has 0 aliphatic carbocycles. The summed E-state index contributed by atoms with van der Waals surface area (Å²) in [5.41, 5.74) is 1.97. The van der Waals surface area contributed by atoms with Crippen molar-refractivity contribution < 1.29 is 8.42 Å². The van der Waals surface area contributed by atoms with Crippen molar-refractivity contribution in [2.75, 3.05) is 4.72 Å². The second-order valence-corrected chi connectivity index (χ2v) is 8.19. The lowest BCUT2D eigenvalue weighted by atomic mass is 10.2. The maximum atomic E-state index is 12.8. The molecule has 0 unspecified atom stereocenters. The third-order valence-corrected chi connectivity index (χ3v) is 5.75. The van der Waals surface area contributed by atoms with Gasteiger partial charge >= 0.3 is 0 Å². The Morgan fingerprint density at radius 1 is 1.21 bits per heavy atom. The van der Waals surface area contributed by atoms with Crippen molar-refractivity contribution in [1.82, 2.24) is 14.8 Å². The summed E-state index contributed by atoms with van der Waals surface area (Å²) < 4.78 is 29.9. The van der Waals surface area contributed by atoms with Crippen LogP contribution in [0.5, 0.6) is 0 Å². The minimum Gasteiger partial charge on any atom is -0.268 e. The Morgan fingerprint density at radius 2 is 1.92 bits per heavy atom. The van der Waals surface area contributed by atoms with Crippen molar-refractivity contribution in [3.63, 3.8) is 0 Å². The number of anilines is 1. The Labute approximate surface area is 145 Å². The summed E-state index contributed by atoms with van der Waals surface area (Å²) in [6.45, 7) is 5.73. The third kappa shape index (κ3) is 3.34. The average Bonchev–Trinajstić information content (AvgIpc) is 3.15. The molecule has 0 aliphatic heterocycles. The van der Waals surface area contributed by atoms with Crippen LogP contribution in [0.4, 0.5) is 5.13 Å². The van der Waals surface area contributed by atoms with Crippen LogP contribution in [0, 0.1) is 6.92 Å². The minimum atomic E-state index is -3.78. The van der Waals surface area contributed by atoms with Gasteiger partial charge in [-0.25, -0.2) is 13.4 Å². The van der Waals surface area contributed by atoms with Gasteiger partial charge in [-0.05, 0) is 20.8 Å². The Bertz CT molecular complexity index is 944. The molecule has 1 N–H and O–H groups in total. The lowest BCUT2D eigenvalue weighted by Crippen LogP contribution is -2.13. The van der Waals surface area contributed by atoms with Gasteiger partial charge < -0.3 is 0 Å². The van der Waals surface area contributed by atoms with E-state index in [-0.39, 0.29) is 10.9 Å². The largest absolute Gasteiger partial charge is 0.268 e. The van der Waals surface area contributed by atoms with E-state index in [1.165, 1.54) is 11.3 Å². The molecule has 3 aromatic rings. The third-order valence-electron chi connectivity index (χ3n) is 3.40. The number of nitrogens with zero attached hydrogens (tertiary/aromatic N) is 3. The normalized spacial score (nSPS) is 11.8. The molecule has 6 nitrogen and oxygen atoms in total. The number of aromatic nitrogens is 3. The SMILES string of the molecule is Cc1csc(NS(=O)(=O)c2cn(C(C)C)nc2-c2ccccc2)n1. The summed E-state index contributed by atoms with van der Waals surface area (Å²) in [6.07, 6.45) is 1.57. The lowest BCUT2D eigenvalue weighted by molar-refractivity contribution is 0.532. The van der Waals surface area contributed by atoms with E-state index in [1.807, 2.05) is 51.1 Å². The molecule has 2 heterocycles. The lowest BCUT2D eigenvalue weighted by Gasteiger charge is -2.05. The van der Waals surface area contributed by atoms with Crippen molar-refractivity contribution >= 4 is 26.5 Å². The number of sulfonamides is 1. The molecule has 8 heteroatoms. The predicted molar refractivity (Wildman–Crippen MR) is 95.7 cm³/mol. The van der Waals surface area contributed by atoms with Crippen molar-refractivity contribution in [1.29, 1.82) is 0 Å². The summed E-state index contributed by atoms with van der Waals surface area (Å²) in [7, 11) is -3.78. The van der Waals surface area contributed by atoms with Crippen LogP contribution < -0.4 is 4.72 Å². The van der Waals surface area contributed by atoms with E-state index in [9.17, 15) is 8.42 Å². The van der Waals surface area contributed by atoms with Gasteiger partial charge in [-0.15, -0.1) is 11.3 Å². The highest BCUT2D eigenvalue weighted by atomic mass is 32.2. The first-order valence-electron chi connectivity index (χ1n) is 7.46. The van der Waals surface area contributed by atoms with Crippen LogP contribution in [-0.4, -0.2) is 23.2 Å². The maximum absolute atomic E-state index is 12.8. The topological polar surface area (TPSA) is 76.9 Å². The average molecular weight is 362 g/mol. The smallest absolute Gasteiger partial charge is 0.267 e. The molecule has 0 saturated carbocycles. The Balaban J connectivity index is 2.08. The van der Waals surface area contributed by atoms with Crippen molar-refractivity contribution in [2.24, 2.45) is 0 Å². The number of rotatable bonds is 5. The van der Waals surface area contributed by atoms with Gasteiger partial charge in [0.2, 0.25) is 0 Å². The number of hydrogen-bond acceptors (Lipinski definition) is 5. The van der Waals surface area contributed by atoms with Crippen molar-refractivity contribution in [3.05, 3.63) is 47.6 Å². The zero-order chi connectivity index (χ0) is 17.3. The first-order chi connectivity index (χ1) is 11.4. The van der Waals surface area contributed by atoms with Gasteiger partial charge in [0.15, 0.2) is 5.13 Å². The number of aryl methyl sites for hydroxylation is 1. The number of hydrogen-bond donors (Lipinski definition) is 1. The fourth-order valence-electron chi connectivity index (χ4n) is 2.20. The van der Waals surface area contributed by atoms with Gasteiger partial charge in [0, 0.05) is 23.2 Å². The molecular weight excluding hydrogens is 344 g/mol. The monoisotopic (exact) mass is 362 g/mol. The zero-order valence-corrected chi connectivity index (χ0v) is 15.2. The van der Waals surface area contributed by atoms with Gasteiger partial charge in [-0.2, -0.15) is 5.10 Å². The highest BCUT2D eigenvalue weighted by Gasteiger charge is 2.25. The molecule has 2 aromatic heterocycles. The van der Waals surface area contributed by atoms with Crippen molar-refractivity contribution in [3.8, 4) is 11.3 Å². The van der Waals surface area contributed by atoms with Crippen LogP contribution in [0.3, 0.4) is 0 Å². The van der Waals surface area contributed by atoms with Gasteiger partial charge in [0.05, 0.1) is 5.69 Å². The minimum absolute atomic E-state index is 0.0542. The summed E-state index contributed by atoms with van der Waals surface area (Å²) in [5, 5.41) is 6.62. The summed E-state index contributed by atoms with van der Waals surface area (Å²) in [4.78, 5) is 4.32.